The average molecular weight is 199 g/mol. The molecule has 1 rings (SSSR count). The molecule has 10 heavy (non-hydrogen) atoms. The van der Waals surface area contributed by atoms with Crippen molar-refractivity contribution in [2.24, 2.45) is 0 Å². The number of rotatable bonds is 2. The van der Waals surface area contributed by atoms with Gasteiger partial charge in [0.15, 0.2) is 0 Å². The van der Waals surface area contributed by atoms with Gasteiger partial charge in [0.25, 0.3) is 0 Å². The van der Waals surface area contributed by atoms with Gasteiger partial charge >= 0.3 is 17.6 Å². The van der Waals surface area contributed by atoms with E-state index < -0.39 is 0 Å². The standard InChI is InChI=1S/C8H10O.GeH4/c9-7-6-8-4-2-1-3-5-8;/h1-5,9H,6-7H2;1H4. The van der Waals surface area contributed by atoms with Crippen LogP contribution in [0.15, 0.2) is 30.3 Å². The Balaban J connectivity index is 0.000000810. The minimum absolute atomic E-state index is 0. The normalized spacial score (nSPS) is 8.50. The van der Waals surface area contributed by atoms with Gasteiger partial charge in [-0.05, 0) is 12.0 Å². The molecule has 0 atom stereocenters. The molecular weight excluding hydrogens is 185 g/mol. The van der Waals surface area contributed by atoms with Crippen molar-refractivity contribution in [1.29, 1.82) is 0 Å². The first kappa shape index (κ1) is 9.72. The number of benzene rings is 1. The molecule has 0 spiro atoms. The fraction of sp³-hybridized carbons (Fsp3) is 0.250. The van der Waals surface area contributed by atoms with E-state index in [0.29, 0.717) is 0 Å². The van der Waals surface area contributed by atoms with E-state index in [1.807, 2.05) is 30.3 Å². The van der Waals surface area contributed by atoms with Gasteiger partial charge in [-0.15, -0.1) is 0 Å². The fourth-order valence-electron chi connectivity index (χ4n) is 0.774. The van der Waals surface area contributed by atoms with Crippen LogP contribution < -0.4 is 0 Å². The third-order valence-electron chi connectivity index (χ3n) is 1.24. The van der Waals surface area contributed by atoms with Crippen LogP contribution in [0.5, 0.6) is 0 Å². The summed E-state index contributed by atoms with van der Waals surface area (Å²) in [6, 6.07) is 9.95. The number of aliphatic hydroxyl groups excluding tert-OH is 1. The zero-order chi connectivity index (χ0) is 6.53. The van der Waals surface area contributed by atoms with Crippen LogP contribution in [0.1, 0.15) is 5.56 Å². The second-order valence-electron chi connectivity index (χ2n) is 1.96. The van der Waals surface area contributed by atoms with E-state index in [0.717, 1.165) is 6.42 Å². The zero-order valence-corrected chi connectivity index (χ0v) is 5.25. The van der Waals surface area contributed by atoms with Gasteiger partial charge in [0.1, 0.15) is 0 Å². The van der Waals surface area contributed by atoms with Gasteiger partial charge in [0.2, 0.25) is 0 Å². The molecule has 0 saturated heterocycles. The predicted molar refractivity (Wildman–Crippen MR) is 48.6 cm³/mol. The summed E-state index contributed by atoms with van der Waals surface area (Å²) >= 11 is 0. The Morgan fingerprint density at radius 2 is 1.70 bits per heavy atom. The van der Waals surface area contributed by atoms with E-state index in [4.69, 9.17) is 5.11 Å². The quantitative estimate of drug-likeness (QED) is 0.652. The first-order valence-corrected chi connectivity index (χ1v) is 3.08. The van der Waals surface area contributed by atoms with Crippen molar-refractivity contribution in [1.82, 2.24) is 0 Å². The van der Waals surface area contributed by atoms with Gasteiger partial charge in [-0.3, -0.25) is 0 Å². The van der Waals surface area contributed by atoms with Gasteiger partial charge in [0.05, 0.1) is 0 Å². The second kappa shape index (κ2) is 5.50. The van der Waals surface area contributed by atoms with Crippen LogP contribution in [0.3, 0.4) is 0 Å². The molecule has 0 aliphatic heterocycles. The molecule has 0 aromatic heterocycles. The molecule has 0 fully saturated rings. The van der Waals surface area contributed by atoms with Gasteiger partial charge < -0.3 is 5.11 Å². The van der Waals surface area contributed by atoms with Gasteiger partial charge in [-0.1, -0.05) is 30.3 Å². The molecule has 1 aromatic carbocycles. The zero-order valence-electron chi connectivity index (χ0n) is 5.25. The van der Waals surface area contributed by atoms with Crippen molar-refractivity contribution in [3.05, 3.63) is 35.9 Å². The van der Waals surface area contributed by atoms with E-state index in [1.165, 1.54) is 5.56 Å². The molecule has 0 bridgehead atoms. The predicted octanol–water partition coefficient (Wildman–Crippen LogP) is -0.230. The average Bonchev–Trinajstić information content (AvgIpc) is 1.91. The number of aliphatic hydroxyl groups is 1. The molecule has 0 radical (unpaired) electrons. The monoisotopic (exact) mass is 200 g/mol. The van der Waals surface area contributed by atoms with Crippen molar-refractivity contribution < 1.29 is 5.11 Å². The second-order valence-corrected chi connectivity index (χ2v) is 1.96. The molecule has 0 amide bonds. The van der Waals surface area contributed by atoms with Crippen LogP contribution in [-0.4, -0.2) is 29.3 Å². The molecule has 0 aliphatic rings. The van der Waals surface area contributed by atoms with Gasteiger partial charge in [-0.25, -0.2) is 0 Å². The van der Waals surface area contributed by atoms with Crippen molar-refractivity contribution >= 4 is 17.6 Å². The van der Waals surface area contributed by atoms with Crippen molar-refractivity contribution in [2.75, 3.05) is 6.61 Å². The maximum atomic E-state index is 8.52. The van der Waals surface area contributed by atoms with E-state index in [9.17, 15) is 0 Å². The van der Waals surface area contributed by atoms with Crippen molar-refractivity contribution in [2.45, 2.75) is 6.42 Å². The van der Waals surface area contributed by atoms with Crippen LogP contribution in [-0.2, 0) is 6.42 Å². The first-order valence-electron chi connectivity index (χ1n) is 3.08. The molecule has 0 unspecified atom stereocenters. The third-order valence-corrected chi connectivity index (χ3v) is 1.24. The Labute approximate surface area is 72.1 Å². The van der Waals surface area contributed by atoms with Crippen LogP contribution in [0.25, 0.3) is 0 Å². The van der Waals surface area contributed by atoms with E-state index in [1.54, 1.807) is 0 Å². The minimum atomic E-state index is 0. The summed E-state index contributed by atoms with van der Waals surface area (Å²) in [7, 11) is 0. The topological polar surface area (TPSA) is 20.2 Å². The van der Waals surface area contributed by atoms with E-state index in [-0.39, 0.29) is 24.2 Å². The Kier molecular flexibility index (Phi) is 5.35. The summed E-state index contributed by atoms with van der Waals surface area (Å²) in [4.78, 5) is 0. The van der Waals surface area contributed by atoms with Gasteiger partial charge in [-0.2, -0.15) is 0 Å². The Hall–Kier alpha value is -0.277. The molecule has 0 saturated carbocycles. The summed E-state index contributed by atoms with van der Waals surface area (Å²) < 4.78 is 0. The van der Waals surface area contributed by atoms with E-state index >= 15 is 0 Å². The molecule has 56 valence electrons. The SMILES string of the molecule is OCCc1ccccc1.[GeH4]. The van der Waals surface area contributed by atoms with Gasteiger partial charge in [0, 0.05) is 6.61 Å². The number of hydrogen-bond donors (Lipinski definition) is 1. The van der Waals surface area contributed by atoms with Crippen LogP contribution in [0, 0.1) is 0 Å². The third kappa shape index (κ3) is 3.04. The molecule has 1 aromatic rings. The molecular formula is C8H14GeO. The Bertz CT molecular complexity index is 162. The fourth-order valence-corrected chi connectivity index (χ4v) is 0.774. The van der Waals surface area contributed by atoms with Crippen molar-refractivity contribution in [3.8, 4) is 0 Å². The summed E-state index contributed by atoms with van der Waals surface area (Å²) in [5.74, 6) is 0. The maximum absolute atomic E-state index is 8.52. The summed E-state index contributed by atoms with van der Waals surface area (Å²) in [5, 5.41) is 8.52. The number of hydrogen-bond acceptors (Lipinski definition) is 1. The molecule has 0 heterocycles. The van der Waals surface area contributed by atoms with Crippen LogP contribution in [0.4, 0.5) is 0 Å². The first-order chi connectivity index (χ1) is 4.43. The Morgan fingerprint density at radius 1 is 1.10 bits per heavy atom. The van der Waals surface area contributed by atoms with Crippen LogP contribution >= 0.6 is 0 Å². The van der Waals surface area contributed by atoms with E-state index in [2.05, 4.69) is 0 Å². The molecule has 1 nitrogen and oxygen atoms in total. The summed E-state index contributed by atoms with van der Waals surface area (Å²) in [6.45, 7) is 0.240. The molecule has 2 heteroatoms. The Morgan fingerprint density at radius 3 is 2.20 bits per heavy atom. The summed E-state index contributed by atoms with van der Waals surface area (Å²) in [6.07, 6.45) is 0.765. The molecule has 1 N–H and O–H groups in total. The molecule has 0 aliphatic carbocycles. The van der Waals surface area contributed by atoms with Crippen molar-refractivity contribution in [3.63, 3.8) is 0 Å². The van der Waals surface area contributed by atoms with Crippen LogP contribution in [0.2, 0.25) is 0 Å². The summed E-state index contributed by atoms with van der Waals surface area (Å²) in [5.41, 5.74) is 1.19.